The van der Waals surface area contributed by atoms with Crippen LogP contribution in [-0.2, 0) is 14.5 Å². The topological polar surface area (TPSA) is 159 Å². The van der Waals surface area contributed by atoms with Gasteiger partial charge in [0.25, 0.3) is 5.91 Å². The first-order chi connectivity index (χ1) is 13.7. The van der Waals surface area contributed by atoms with Crippen molar-refractivity contribution in [3.63, 3.8) is 0 Å². The van der Waals surface area contributed by atoms with Crippen LogP contribution in [0, 0.1) is 5.92 Å². The summed E-state index contributed by atoms with van der Waals surface area (Å²) in [5, 5.41) is 25.6. The number of rotatable bonds is 6. The first-order valence-corrected chi connectivity index (χ1v) is 10.6. The van der Waals surface area contributed by atoms with Crippen molar-refractivity contribution in [2.45, 2.75) is 17.7 Å². The molecule has 0 bridgehead atoms. The third-order valence-corrected chi connectivity index (χ3v) is 6.11. The Morgan fingerprint density at radius 1 is 1.28 bits per heavy atom. The average Bonchev–Trinajstić information content (AvgIpc) is 3.54. The van der Waals surface area contributed by atoms with E-state index in [1.165, 1.54) is 38.7 Å². The fraction of sp³-hybridized carbons (Fsp3) is 0.353. The van der Waals surface area contributed by atoms with E-state index in [-0.39, 0.29) is 45.5 Å². The van der Waals surface area contributed by atoms with Gasteiger partial charge < -0.3 is 21.1 Å². The molecule has 2 aromatic rings. The van der Waals surface area contributed by atoms with Crippen LogP contribution in [0.1, 0.15) is 23.3 Å². The molecule has 0 aliphatic heterocycles. The maximum atomic E-state index is 12.8. The predicted octanol–water partition coefficient (Wildman–Crippen LogP) is 1.12. The van der Waals surface area contributed by atoms with Gasteiger partial charge in [-0.2, -0.15) is 0 Å². The highest BCUT2D eigenvalue weighted by molar-refractivity contribution is 7.93. The first-order valence-electron chi connectivity index (χ1n) is 8.72. The molecule has 12 heteroatoms. The second-order valence-corrected chi connectivity index (χ2v) is 8.89. The minimum Gasteiger partial charge on any atom is -0.506 e. The quantitative estimate of drug-likeness (QED) is 0.542. The zero-order valence-corrected chi connectivity index (χ0v) is 16.9. The van der Waals surface area contributed by atoms with Gasteiger partial charge in [-0.15, -0.1) is 10.2 Å². The molecule has 4 N–H and O–H groups in total. The van der Waals surface area contributed by atoms with E-state index < -0.39 is 15.6 Å². The number of amides is 2. The van der Waals surface area contributed by atoms with Gasteiger partial charge >= 0.3 is 0 Å². The Kier molecular flexibility index (Phi) is 5.64. The lowest BCUT2D eigenvalue weighted by atomic mass is 10.2. The number of pyridine rings is 1. The van der Waals surface area contributed by atoms with Gasteiger partial charge in [-0.05, 0) is 12.8 Å². The van der Waals surface area contributed by atoms with Gasteiger partial charge in [0.15, 0.2) is 11.5 Å². The number of aromatic hydroxyl groups is 1. The summed E-state index contributed by atoms with van der Waals surface area (Å²) in [6.45, 7) is 0. The number of hydrogen-bond acceptors (Lipinski definition) is 9. The van der Waals surface area contributed by atoms with Crippen LogP contribution in [0.5, 0.6) is 5.75 Å². The second-order valence-electron chi connectivity index (χ2n) is 6.48. The fourth-order valence-corrected chi connectivity index (χ4v) is 3.45. The van der Waals surface area contributed by atoms with Crippen LogP contribution in [0.25, 0.3) is 0 Å². The van der Waals surface area contributed by atoms with Crippen molar-refractivity contribution < 1.29 is 18.9 Å². The molecule has 1 fully saturated rings. The van der Waals surface area contributed by atoms with E-state index in [2.05, 4.69) is 35.5 Å². The van der Waals surface area contributed by atoms with Crippen molar-refractivity contribution in [1.29, 1.82) is 0 Å². The lowest BCUT2D eigenvalue weighted by Gasteiger charge is -2.15. The van der Waals surface area contributed by atoms with Crippen molar-refractivity contribution in [2.75, 3.05) is 31.0 Å². The summed E-state index contributed by atoms with van der Waals surface area (Å²) in [7, 11) is -0.0239. The monoisotopic (exact) mass is 419 g/mol. The Hall–Kier alpha value is -3.28. The Balaban J connectivity index is 2.04. The Morgan fingerprint density at radius 2 is 2.00 bits per heavy atom. The molecule has 0 radical (unpaired) electrons. The summed E-state index contributed by atoms with van der Waals surface area (Å²) in [5.41, 5.74) is 0.143. The van der Waals surface area contributed by atoms with Crippen LogP contribution in [0.2, 0.25) is 0 Å². The van der Waals surface area contributed by atoms with Crippen LogP contribution < -0.4 is 16.0 Å². The molecule has 0 saturated heterocycles. The maximum Gasteiger partial charge on any atom is 0.273 e. The molecule has 29 heavy (non-hydrogen) atoms. The fourth-order valence-electron chi connectivity index (χ4n) is 2.45. The van der Waals surface area contributed by atoms with E-state index in [0.29, 0.717) is 0 Å². The largest absolute Gasteiger partial charge is 0.506 e. The van der Waals surface area contributed by atoms with Crippen molar-refractivity contribution in [2.24, 2.45) is 10.3 Å². The molecule has 0 spiro atoms. The Bertz CT molecular complexity index is 1090. The minimum absolute atomic E-state index is 0.0341. The highest BCUT2D eigenvalue weighted by Gasteiger charge is 2.30. The average molecular weight is 419 g/mol. The summed E-state index contributed by atoms with van der Waals surface area (Å²) in [6.07, 6.45) is 4.22. The van der Waals surface area contributed by atoms with E-state index in [0.717, 1.165) is 12.8 Å². The molecule has 154 valence electrons. The highest BCUT2D eigenvalue weighted by atomic mass is 32.2. The standard InChI is InChI=1S/C17H21N7O4S/c1-18-17(27)14-11(7-13(23-24-14)22-16(26)9-4-5-9)21-15-12(29(3,28)19-2)6-10(25)8-20-15/h6-9,25H,4-5H2,1-3H3,(H,18,27)(H2,20,21,22,23,26). The zero-order valence-electron chi connectivity index (χ0n) is 16.1. The van der Waals surface area contributed by atoms with E-state index in [1.807, 2.05) is 0 Å². The van der Waals surface area contributed by atoms with E-state index >= 15 is 0 Å². The Morgan fingerprint density at radius 3 is 2.62 bits per heavy atom. The van der Waals surface area contributed by atoms with Gasteiger partial charge in [0.2, 0.25) is 5.91 Å². The summed E-state index contributed by atoms with van der Waals surface area (Å²) in [4.78, 5) is 28.4. The van der Waals surface area contributed by atoms with Crippen molar-refractivity contribution in [1.82, 2.24) is 20.5 Å². The molecule has 2 amide bonds. The number of carbonyl (C=O) groups excluding carboxylic acids is 2. The van der Waals surface area contributed by atoms with Crippen molar-refractivity contribution in [3.8, 4) is 5.75 Å². The van der Waals surface area contributed by atoms with Gasteiger partial charge in [-0.3, -0.25) is 9.59 Å². The SMILES string of the molecule is CN=S(C)(=O)c1cc(O)cnc1Nc1cc(NC(=O)C2CC2)nnc1C(=O)NC. The molecular weight excluding hydrogens is 398 g/mol. The van der Waals surface area contributed by atoms with Crippen LogP contribution in [0.4, 0.5) is 17.3 Å². The molecule has 11 nitrogen and oxygen atoms in total. The molecule has 1 atom stereocenters. The number of carbonyl (C=O) groups is 2. The molecule has 1 unspecified atom stereocenters. The van der Waals surface area contributed by atoms with Gasteiger partial charge in [-0.1, -0.05) is 0 Å². The molecule has 3 rings (SSSR count). The summed E-state index contributed by atoms with van der Waals surface area (Å²) in [6, 6.07) is 2.73. The van der Waals surface area contributed by atoms with Gasteiger partial charge in [-0.25, -0.2) is 13.6 Å². The van der Waals surface area contributed by atoms with Gasteiger partial charge in [0.1, 0.15) is 11.6 Å². The minimum atomic E-state index is -2.86. The lowest BCUT2D eigenvalue weighted by Crippen LogP contribution is -2.22. The maximum absolute atomic E-state index is 12.8. The molecule has 1 saturated carbocycles. The van der Waals surface area contributed by atoms with E-state index in [9.17, 15) is 18.9 Å². The molecule has 2 heterocycles. The van der Waals surface area contributed by atoms with Gasteiger partial charge in [0, 0.05) is 38.4 Å². The molecule has 2 aromatic heterocycles. The number of aromatic nitrogens is 3. The third kappa shape index (κ3) is 4.59. The lowest BCUT2D eigenvalue weighted by molar-refractivity contribution is -0.117. The van der Waals surface area contributed by atoms with E-state index in [1.54, 1.807) is 0 Å². The zero-order chi connectivity index (χ0) is 21.2. The highest BCUT2D eigenvalue weighted by Crippen LogP contribution is 2.31. The summed E-state index contributed by atoms with van der Waals surface area (Å²) in [5.74, 6) is -0.609. The molecular formula is C17H21N7O4S. The van der Waals surface area contributed by atoms with Crippen molar-refractivity contribution in [3.05, 3.63) is 24.0 Å². The van der Waals surface area contributed by atoms with Crippen LogP contribution >= 0.6 is 0 Å². The predicted molar refractivity (Wildman–Crippen MR) is 107 cm³/mol. The Labute approximate surface area is 167 Å². The van der Waals surface area contributed by atoms with Crippen LogP contribution in [0.15, 0.2) is 27.6 Å². The molecule has 1 aliphatic carbocycles. The first kappa shape index (κ1) is 20.5. The van der Waals surface area contributed by atoms with Crippen molar-refractivity contribution >= 4 is 38.9 Å². The number of anilines is 3. The van der Waals surface area contributed by atoms with Crippen LogP contribution in [-0.4, -0.2) is 56.7 Å². The molecule has 0 aromatic carbocycles. The van der Waals surface area contributed by atoms with Crippen LogP contribution in [0.3, 0.4) is 0 Å². The molecule has 1 aliphatic rings. The third-order valence-electron chi connectivity index (χ3n) is 4.28. The number of nitrogens with zero attached hydrogens (tertiary/aromatic N) is 4. The summed E-state index contributed by atoms with van der Waals surface area (Å²) < 4.78 is 16.6. The number of nitrogens with one attached hydrogen (secondary N) is 3. The van der Waals surface area contributed by atoms with Gasteiger partial charge in [0.05, 0.1) is 26.5 Å². The summed E-state index contributed by atoms with van der Waals surface area (Å²) >= 11 is 0. The number of hydrogen-bond donors (Lipinski definition) is 4. The van der Waals surface area contributed by atoms with E-state index in [4.69, 9.17) is 0 Å². The second kappa shape index (κ2) is 7.99. The smallest absolute Gasteiger partial charge is 0.273 e. The normalized spacial score (nSPS) is 15.1.